The molecule has 2 rings (SSSR count). The summed E-state index contributed by atoms with van der Waals surface area (Å²) in [7, 11) is -3.94. The Morgan fingerprint density at radius 3 is 2.19 bits per heavy atom. The van der Waals surface area contributed by atoms with Gasteiger partial charge in [-0.15, -0.1) is 0 Å². The topological polar surface area (TPSA) is 66.5 Å². The van der Waals surface area contributed by atoms with Crippen LogP contribution < -0.4 is 9.62 Å². The molecular weight excluding hydrogens is 479 g/mol. The van der Waals surface area contributed by atoms with Gasteiger partial charge >= 0.3 is 0 Å². The molecule has 2 aromatic rings. The number of rotatable bonds is 8. The number of nitrogens with one attached hydrogen (secondary N) is 1. The number of carbonyl (C=O) groups is 1. The lowest BCUT2D eigenvalue weighted by Gasteiger charge is -2.31. The Bertz CT molecular complexity index is 1020. The fourth-order valence-corrected chi connectivity index (χ4v) is 5.21. The van der Waals surface area contributed by atoms with Gasteiger partial charge in [0.2, 0.25) is 5.91 Å². The van der Waals surface area contributed by atoms with E-state index in [0.29, 0.717) is 35.1 Å². The average molecular weight is 506 g/mol. The molecule has 31 heavy (non-hydrogen) atoms. The zero-order valence-corrected chi connectivity index (χ0v) is 21.0. The predicted molar refractivity (Wildman–Crippen MR) is 129 cm³/mol. The molecule has 5 nitrogen and oxygen atoms in total. The van der Waals surface area contributed by atoms with Gasteiger partial charge in [0.05, 0.1) is 15.6 Å². The number of hydrogen-bond acceptors (Lipinski definition) is 3. The zero-order chi connectivity index (χ0) is 23.4. The minimum atomic E-state index is -3.94. The molecule has 0 aliphatic carbocycles. The SMILES string of the molecule is C[C@H](CCCNC(=O)C(C)(C)C)N(c1cc(Cl)ccc1Cl)S(=O)(=O)c1ccc(Cl)cc1. The van der Waals surface area contributed by atoms with E-state index in [1.807, 2.05) is 20.8 Å². The van der Waals surface area contributed by atoms with E-state index in [9.17, 15) is 13.2 Å². The van der Waals surface area contributed by atoms with Gasteiger partial charge in [-0.2, -0.15) is 0 Å². The van der Waals surface area contributed by atoms with Gasteiger partial charge in [0.1, 0.15) is 0 Å². The molecule has 1 amide bonds. The van der Waals surface area contributed by atoms with Crippen LogP contribution in [0.1, 0.15) is 40.5 Å². The molecule has 0 saturated carbocycles. The third-order valence-electron chi connectivity index (χ3n) is 4.68. The van der Waals surface area contributed by atoms with Gasteiger partial charge in [0, 0.05) is 28.0 Å². The molecule has 9 heteroatoms. The van der Waals surface area contributed by atoms with E-state index in [0.717, 1.165) is 0 Å². The maximum absolute atomic E-state index is 13.5. The summed E-state index contributed by atoms with van der Waals surface area (Å²) in [6, 6.07) is 10.2. The lowest BCUT2D eigenvalue weighted by atomic mass is 9.96. The maximum Gasteiger partial charge on any atom is 0.264 e. The maximum atomic E-state index is 13.5. The van der Waals surface area contributed by atoms with Crippen molar-refractivity contribution in [2.45, 2.75) is 51.5 Å². The monoisotopic (exact) mass is 504 g/mol. The predicted octanol–water partition coefficient (Wildman–Crippen LogP) is 6.17. The molecule has 0 aromatic heterocycles. The van der Waals surface area contributed by atoms with Crippen LogP contribution in [-0.2, 0) is 14.8 Å². The van der Waals surface area contributed by atoms with Gasteiger partial charge < -0.3 is 5.32 Å². The van der Waals surface area contributed by atoms with Gasteiger partial charge in [-0.3, -0.25) is 9.10 Å². The average Bonchev–Trinajstić information content (AvgIpc) is 2.67. The molecular formula is C22H27Cl3N2O3S. The smallest absolute Gasteiger partial charge is 0.264 e. The van der Waals surface area contributed by atoms with Crippen LogP contribution in [-0.4, -0.2) is 26.9 Å². The second-order valence-corrected chi connectivity index (χ2v) is 11.4. The van der Waals surface area contributed by atoms with Crippen LogP contribution >= 0.6 is 34.8 Å². The molecule has 0 unspecified atom stereocenters. The highest BCUT2D eigenvalue weighted by Crippen LogP contribution is 2.35. The molecule has 0 aliphatic rings. The fraction of sp³-hybridized carbons (Fsp3) is 0.409. The summed E-state index contributed by atoms with van der Waals surface area (Å²) in [4.78, 5) is 12.2. The molecule has 0 radical (unpaired) electrons. The largest absolute Gasteiger partial charge is 0.356 e. The van der Waals surface area contributed by atoms with Crippen molar-refractivity contribution in [3.63, 3.8) is 0 Å². The Hall–Kier alpha value is -1.47. The van der Waals surface area contributed by atoms with Crippen LogP contribution in [0.15, 0.2) is 47.4 Å². The van der Waals surface area contributed by atoms with Crippen molar-refractivity contribution in [2.24, 2.45) is 5.41 Å². The summed E-state index contributed by atoms with van der Waals surface area (Å²) < 4.78 is 28.4. The van der Waals surface area contributed by atoms with Crippen molar-refractivity contribution in [1.82, 2.24) is 5.32 Å². The van der Waals surface area contributed by atoms with Crippen LogP contribution in [0.2, 0.25) is 15.1 Å². The lowest BCUT2D eigenvalue weighted by Crippen LogP contribution is -2.40. The summed E-state index contributed by atoms with van der Waals surface area (Å²) >= 11 is 18.4. The standard InChI is InChI=1S/C22H27Cl3N2O3S/c1-15(6-5-13-26-21(28)22(2,3)4)27(20-14-17(24)9-12-19(20)25)31(29,30)18-10-7-16(23)8-11-18/h7-12,14-15H,5-6,13H2,1-4H3,(H,26,28)/t15-/m1/s1. The molecule has 0 fully saturated rings. The Kier molecular flexibility index (Phi) is 8.68. The number of anilines is 1. The summed E-state index contributed by atoms with van der Waals surface area (Å²) in [5.41, 5.74) is -0.181. The first kappa shape index (κ1) is 25.8. The van der Waals surface area contributed by atoms with Gasteiger partial charge in [0.15, 0.2) is 0 Å². The van der Waals surface area contributed by atoms with E-state index >= 15 is 0 Å². The zero-order valence-electron chi connectivity index (χ0n) is 18.0. The second kappa shape index (κ2) is 10.4. The minimum absolute atomic E-state index is 0.0521. The van der Waals surface area contributed by atoms with Gasteiger partial charge in [-0.25, -0.2) is 8.42 Å². The lowest BCUT2D eigenvalue weighted by molar-refractivity contribution is -0.128. The number of amides is 1. The van der Waals surface area contributed by atoms with Gasteiger partial charge in [-0.1, -0.05) is 55.6 Å². The number of halogens is 3. The van der Waals surface area contributed by atoms with Crippen molar-refractivity contribution < 1.29 is 13.2 Å². The summed E-state index contributed by atoms with van der Waals surface area (Å²) in [5.74, 6) is -0.0521. The Morgan fingerprint density at radius 2 is 1.61 bits per heavy atom. The molecule has 170 valence electrons. The van der Waals surface area contributed by atoms with E-state index in [4.69, 9.17) is 34.8 Å². The molecule has 0 aliphatic heterocycles. The van der Waals surface area contributed by atoms with Crippen LogP contribution in [0.25, 0.3) is 0 Å². The summed E-state index contributed by atoms with van der Waals surface area (Å²) in [5, 5.41) is 3.97. The molecule has 0 saturated heterocycles. The van der Waals surface area contributed by atoms with Crippen molar-refractivity contribution in [3.05, 3.63) is 57.5 Å². The third kappa shape index (κ3) is 6.75. The highest BCUT2D eigenvalue weighted by molar-refractivity contribution is 7.92. The van der Waals surface area contributed by atoms with Crippen molar-refractivity contribution >= 4 is 56.4 Å². The van der Waals surface area contributed by atoms with Crippen molar-refractivity contribution in [3.8, 4) is 0 Å². The first-order valence-electron chi connectivity index (χ1n) is 9.87. The van der Waals surface area contributed by atoms with Crippen molar-refractivity contribution in [1.29, 1.82) is 0 Å². The fourth-order valence-electron chi connectivity index (χ4n) is 2.96. The molecule has 0 spiro atoms. The van der Waals surface area contributed by atoms with E-state index in [2.05, 4.69) is 5.32 Å². The first-order chi connectivity index (χ1) is 14.3. The van der Waals surface area contributed by atoms with E-state index in [-0.39, 0.29) is 15.8 Å². The van der Waals surface area contributed by atoms with Gasteiger partial charge in [0.25, 0.3) is 10.0 Å². The van der Waals surface area contributed by atoms with Crippen LogP contribution in [0, 0.1) is 5.41 Å². The third-order valence-corrected chi connectivity index (χ3v) is 7.43. The number of benzene rings is 2. The number of sulfonamides is 1. The van der Waals surface area contributed by atoms with Crippen LogP contribution in [0.5, 0.6) is 0 Å². The number of nitrogens with zero attached hydrogens (tertiary/aromatic N) is 1. The molecule has 2 aromatic carbocycles. The number of carbonyl (C=O) groups excluding carboxylic acids is 1. The summed E-state index contributed by atoms with van der Waals surface area (Å²) in [6.07, 6.45) is 1.09. The minimum Gasteiger partial charge on any atom is -0.356 e. The second-order valence-electron chi connectivity index (χ2n) is 8.35. The molecule has 1 atom stereocenters. The van der Waals surface area contributed by atoms with Crippen LogP contribution in [0.4, 0.5) is 5.69 Å². The Labute approximate surface area is 199 Å². The van der Waals surface area contributed by atoms with Crippen LogP contribution in [0.3, 0.4) is 0 Å². The first-order valence-corrected chi connectivity index (χ1v) is 12.4. The van der Waals surface area contributed by atoms with Gasteiger partial charge in [-0.05, 0) is 62.2 Å². The highest BCUT2D eigenvalue weighted by Gasteiger charge is 2.31. The molecule has 1 N–H and O–H groups in total. The van der Waals surface area contributed by atoms with E-state index in [1.54, 1.807) is 19.1 Å². The van der Waals surface area contributed by atoms with E-state index < -0.39 is 21.5 Å². The van der Waals surface area contributed by atoms with Crippen molar-refractivity contribution in [2.75, 3.05) is 10.8 Å². The Balaban J connectivity index is 2.31. The molecule has 0 bridgehead atoms. The highest BCUT2D eigenvalue weighted by atomic mass is 35.5. The summed E-state index contributed by atoms with van der Waals surface area (Å²) in [6.45, 7) is 7.76. The quantitative estimate of drug-likeness (QED) is 0.436. The molecule has 0 heterocycles. The number of hydrogen-bond donors (Lipinski definition) is 1. The normalized spacial score (nSPS) is 13.0. The van der Waals surface area contributed by atoms with E-state index in [1.165, 1.54) is 34.6 Å². The Morgan fingerprint density at radius 1 is 1.03 bits per heavy atom.